The lowest BCUT2D eigenvalue weighted by molar-refractivity contribution is 0.0540. The highest BCUT2D eigenvalue weighted by atomic mass is 16.6. The van der Waals surface area contributed by atoms with Crippen molar-refractivity contribution in [3.8, 4) is 0 Å². The van der Waals surface area contributed by atoms with Crippen LogP contribution in [0.5, 0.6) is 0 Å². The average Bonchev–Trinajstić information content (AvgIpc) is 3.48. The number of nitrogen functional groups attached to an aromatic ring is 1. The summed E-state index contributed by atoms with van der Waals surface area (Å²) in [6.45, 7) is 6.44. The fourth-order valence-corrected chi connectivity index (χ4v) is 4.09. The molecule has 1 amide bonds. The number of anilines is 1. The first-order valence-electron chi connectivity index (χ1n) is 12.9. The molecule has 200 valence electrons. The molecule has 0 aliphatic rings. The summed E-state index contributed by atoms with van der Waals surface area (Å²) in [5.74, 6) is 0.0353. The van der Waals surface area contributed by atoms with Gasteiger partial charge >= 0.3 is 6.09 Å². The highest BCUT2D eigenvalue weighted by Gasteiger charge is 2.20. The second-order valence-corrected chi connectivity index (χ2v) is 10.3. The molecule has 0 unspecified atom stereocenters. The Bertz CT molecular complexity index is 1400. The van der Waals surface area contributed by atoms with Crippen LogP contribution in [0.4, 0.5) is 10.7 Å². The molecular formula is C28H35N7O3. The van der Waals surface area contributed by atoms with Crippen molar-refractivity contribution in [3.05, 3.63) is 71.8 Å². The normalized spacial score (nSPS) is 11.6. The largest absolute Gasteiger partial charge is 0.443 e. The third-order valence-corrected chi connectivity index (χ3v) is 5.96. The van der Waals surface area contributed by atoms with E-state index in [2.05, 4.69) is 20.6 Å². The van der Waals surface area contributed by atoms with Crippen LogP contribution in [0.1, 0.15) is 61.8 Å². The number of ether oxygens (including phenoxy) is 1. The zero-order chi connectivity index (χ0) is 27.1. The second-order valence-electron chi connectivity index (χ2n) is 10.3. The van der Waals surface area contributed by atoms with Crippen molar-refractivity contribution in [3.63, 3.8) is 0 Å². The number of nitrogens with zero attached hydrogens (tertiary/aromatic N) is 5. The molecule has 0 spiro atoms. The number of unbranched alkanes of at least 4 members (excludes halogenated alkanes) is 2. The first-order chi connectivity index (χ1) is 18.2. The molecule has 0 atom stereocenters. The smallest absolute Gasteiger partial charge is 0.421 e. The lowest BCUT2D eigenvalue weighted by atomic mass is 10.1. The van der Waals surface area contributed by atoms with Gasteiger partial charge in [0.2, 0.25) is 5.95 Å². The summed E-state index contributed by atoms with van der Waals surface area (Å²) < 4.78 is 8.36. The summed E-state index contributed by atoms with van der Waals surface area (Å²) in [5.41, 5.74) is 7.62. The number of imidazole rings is 1. The van der Waals surface area contributed by atoms with E-state index in [4.69, 9.17) is 10.5 Å². The molecule has 0 aliphatic carbocycles. The SMILES string of the molecule is CC(C)(C)OC(=O)n1cc(CCCCCc2cn(CCNC(=O)c3ccc4ccccc4c3)nn2)nc1N. The molecule has 2 aromatic heterocycles. The molecule has 4 aromatic rings. The van der Waals surface area contributed by atoms with Gasteiger partial charge in [-0.2, -0.15) is 0 Å². The van der Waals surface area contributed by atoms with E-state index in [0.717, 1.165) is 54.3 Å². The number of benzene rings is 2. The van der Waals surface area contributed by atoms with E-state index in [-0.39, 0.29) is 11.9 Å². The molecule has 10 heteroatoms. The summed E-state index contributed by atoms with van der Waals surface area (Å²) in [4.78, 5) is 29.0. The number of hydrogen-bond acceptors (Lipinski definition) is 7. The maximum atomic E-state index is 12.5. The van der Waals surface area contributed by atoms with E-state index in [1.54, 1.807) is 10.9 Å². The van der Waals surface area contributed by atoms with Gasteiger partial charge in [0.15, 0.2) is 0 Å². The highest BCUT2D eigenvalue weighted by molar-refractivity contribution is 5.98. The molecule has 0 saturated heterocycles. The lowest BCUT2D eigenvalue weighted by Gasteiger charge is -2.19. The first-order valence-corrected chi connectivity index (χ1v) is 12.9. The quantitative estimate of drug-likeness (QED) is 0.299. The van der Waals surface area contributed by atoms with Crippen molar-refractivity contribution in [2.75, 3.05) is 12.3 Å². The van der Waals surface area contributed by atoms with Crippen LogP contribution in [-0.4, -0.2) is 48.7 Å². The minimum absolute atomic E-state index is 0.103. The van der Waals surface area contributed by atoms with Gasteiger partial charge in [0, 0.05) is 24.5 Å². The molecule has 0 saturated carbocycles. The maximum Gasteiger partial charge on any atom is 0.421 e. The van der Waals surface area contributed by atoms with Gasteiger partial charge in [0.1, 0.15) is 5.60 Å². The van der Waals surface area contributed by atoms with Gasteiger partial charge in [-0.1, -0.05) is 42.0 Å². The van der Waals surface area contributed by atoms with E-state index < -0.39 is 11.7 Å². The zero-order valence-corrected chi connectivity index (χ0v) is 22.2. The molecule has 2 aromatic carbocycles. The number of fused-ring (bicyclic) bond motifs is 1. The van der Waals surface area contributed by atoms with E-state index in [1.807, 2.05) is 69.4 Å². The fourth-order valence-electron chi connectivity index (χ4n) is 4.09. The number of aromatic nitrogens is 5. The highest BCUT2D eigenvalue weighted by Crippen LogP contribution is 2.16. The molecular weight excluding hydrogens is 482 g/mol. The predicted molar refractivity (Wildman–Crippen MR) is 146 cm³/mol. The summed E-state index contributed by atoms with van der Waals surface area (Å²) in [6, 6.07) is 13.7. The lowest BCUT2D eigenvalue weighted by Crippen LogP contribution is -2.27. The minimum atomic E-state index is -0.596. The van der Waals surface area contributed by atoms with Gasteiger partial charge in [-0.25, -0.2) is 14.3 Å². The average molecular weight is 518 g/mol. The Labute approximate surface area is 222 Å². The number of carbonyl (C=O) groups excluding carboxylic acids is 2. The van der Waals surface area contributed by atoms with Crippen LogP contribution in [0.15, 0.2) is 54.9 Å². The molecule has 10 nitrogen and oxygen atoms in total. The maximum absolute atomic E-state index is 12.5. The van der Waals surface area contributed by atoms with Crippen molar-refractivity contribution in [1.82, 2.24) is 29.9 Å². The molecule has 4 rings (SSSR count). The standard InChI is InChI=1S/C28H35N7O3/c1-28(2,3)38-27(37)35-19-23(31-26(35)29)11-5-4-6-12-24-18-34(33-32-24)16-15-30-25(36)22-14-13-20-9-7-8-10-21(20)17-22/h7-10,13-14,17-19H,4-6,11-12,15-16H2,1-3H3,(H2,29,31)(H,30,36). The Morgan fingerprint density at radius 3 is 2.47 bits per heavy atom. The Morgan fingerprint density at radius 1 is 0.974 bits per heavy atom. The molecule has 0 fully saturated rings. The second kappa shape index (κ2) is 11.9. The molecule has 0 aliphatic heterocycles. The van der Waals surface area contributed by atoms with Crippen molar-refractivity contribution < 1.29 is 14.3 Å². The van der Waals surface area contributed by atoms with Crippen molar-refractivity contribution >= 4 is 28.7 Å². The summed E-state index contributed by atoms with van der Waals surface area (Å²) in [5, 5.41) is 13.5. The van der Waals surface area contributed by atoms with Crippen molar-refractivity contribution in [2.45, 2.75) is 65.0 Å². The molecule has 2 heterocycles. The van der Waals surface area contributed by atoms with Gasteiger partial charge in [0.25, 0.3) is 5.91 Å². The Morgan fingerprint density at radius 2 is 1.71 bits per heavy atom. The number of hydrogen-bond donors (Lipinski definition) is 2. The first kappa shape index (κ1) is 26.8. The predicted octanol–water partition coefficient (Wildman–Crippen LogP) is 4.38. The van der Waals surface area contributed by atoms with Gasteiger partial charge in [-0.05, 0) is 69.4 Å². The van der Waals surface area contributed by atoms with E-state index in [1.165, 1.54) is 4.57 Å². The zero-order valence-electron chi connectivity index (χ0n) is 22.2. The summed E-state index contributed by atoms with van der Waals surface area (Å²) in [6.07, 6.45) is 7.44. The molecule has 0 bridgehead atoms. The topological polar surface area (TPSA) is 130 Å². The van der Waals surface area contributed by atoms with E-state index >= 15 is 0 Å². The van der Waals surface area contributed by atoms with Crippen LogP contribution in [0.25, 0.3) is 10.8 Å². The van der Waals surface area contributed by atoms with Gasteiger partial charge in [-0.3, -0.25) is 9.48 Å². The number of aryl methyl sites for hydroxylation is 2. The molecule has 0 radical (unpaired) electrons. The molecule has 38 heavy (non-hydrogen) atoms. The minimum Gasteiger partial charge on any atom is -0.443 e. The number of carbonyl (C=O) groups is 2. The third kappa shape index (κ3) is 7.41. The van der Waals surface area contributed by atoms with Crippen LogP contribution in [0.3, 0.4) is 0 Å². The Hall–Kier alpha value is -4.21. The van der Waals surface area contributed by atoms with Crippen molar-refractivity contribution in [1.29, 1.82) is 0 Å². The summed E-state index contributed by atoms with van der Waals surface area (Å²) in [7, 11) is 0. The van der Waals surface area contributed by atoms with Gasteiger partial charge < -0.3 is 15.8 Å². The van der Waals surface area contributed by atoms with Crippen LogP contribution < -0.4 is 11.1 Å². The van der Waals surface area contributed by atoms with Crippen LogP contribution >= 0.6 is 0 Å². The van der Waals surface area contributed by atoms with E-state index in [9.17, 15) is 9.59 Å². The van der Waals surface area contributed by atoms with Gasteiger partial charge in [0.05, 0.1) is 17.9 Å². The Balaban J connectivity index is 1.14. The van der Waals surface area contributed by atoms with Gasteiger partial charge in [-0.15, -0.1) is 5.10 Å². The number of nitrogens with two attached hydrogens (primary N) is 1. The number of rotatable bonds is 10. The number of nitrogens with one attached hydrogen (secondary N) is 1. The third-order valence-electron chi connectivity index (χ3n) is 5.96. The van der Waals surface area contributed by atoms with Crippen LogP contribution in [-0.2, 0) is 24.1 Å². The van der Waals surface area contributed by atoms with Crippen molar-refractivity contribution in [2.24, 2.45) is 0 Å². The monoisotopic (exact) mass is 517 g/mol. The summed E-state index contributed by atoms with van der Waals surface area (Å²) >= 11 is 0. The fraction of sp³-hybridized carbons (Fsp3) is 0.393. The van der Waals surface area contributed by atoms with Crippen LogP contribution in [0.2, 0.25) is 0 Å². The van der Waals surface area contributed by atoms with Crippen LogP contribution in [0, 0.1) is 0 Å². The van der Waals surface area contributed by atoms with E-state index in [0.29, 0.717) is 18.7 Å². The molecule has 3 N–H and O–H groups in total. The number of amides is 1. The Kier molecular flexibility index (Phi) is 8.40.